The summed E-state index contributed by atoms with van der Waals surface area (Å²) >= 11 is 1.35. The maximum Gasteiger partial charge on any atom is 0.321 e. The largest absolute Gasteiger partial charge is 0.336 e. The van der Waals surface area contributed by atoms with Gasteiger partial charge in [-0.3, -0.25) is 24.6 Å². The van der Waals surface area contributed by atoms with Gasteiger partial charge in [0.15, 0.2) is 5.13 Å². The maximum absolute atomic E-state index is 12.9. The molecule has 5 rings (SSSR count). The quantitative estimate of drug-likeness (QED) is 0.691. The standard InChI is InChI=1S/C22H23N5O4S/c28-18(12-27-19(29)14-7-3-4-8-15(14)20(27)30)26-10-9-16-17(11-26)32-22(24-16)25-21(31)23-13-5-1-2-6-13/h3-4,7-8,13H,1-2,5-6,9-12H2,(H2,23,24,25,31). The van der Waals surface area contributed by atoms with E-state index in [9.17, 15) is 19.2 Å². The Morgan fingerprint density at radius 3 is 2.47 bits per heavy atom. The molecule has 1 saturated carbocycles. The number of aromatic nitrogens is 1. The first-order valence-electron chi connectivity index (χ1n) is 10.8. The Morgan fingerprint density at radius 1 is 1.09 bits per heavy atom. The van der Waals surface area contributed by atoms with Crippen LogP contribution < -0.4 is 10.6 Å². The normalized spacial score (nSPS) is 18.0. The van der Waals surface area contributed by atoms with Gasteiger partial charge >= 0.3 is 6.03 Å². The van der Waals surface area contributed by atoms with Crippen molar-refractivity contribution in [2.24, 2.45) is 0 Å². The van der Waals surface area contributed by atoms with Crippen LogP contribution in [0.3, 0.4) is 0 Å². The fourth-order valence-corrected chi connectivity index (χ4v) is 5.49. The summed E-state index contributed by atoms with van der Waals surface area (Å²) < 4.78 is 0. The van der Waals surface area contributed by atoms with Crippen LogP contribution in [-0.4, -0.2) is 57.7 Å². The molecule has 2 aliphatic heterocycles. The van der Waals surface area contributed by atoms with E-state index in [1.165, 1.54) is 11.3 Å². The van der Waals surface area contributed by atoms with Crippen molar-refractivity contribution in [3.8, 4) is 0 Å². The van der Waals surface area contributed by atoms with Crippen molar-refractivity contribution in [1.82, 2.24) is 20.1 Å². The predicted octanol–water partition coefficient (Wildman–Crippen LogP) is 2.39. The van der Waals surface area contributed by atoms with Crippen LogP contribution in [-0.2, 0) is 17.8 Å². The van der Waals surface area contributed by atoms with Gasteiger partial charge in [0.25, 0.3) is 11.8 Å². The van der Waals surface area contributed by atoms with Crippen LogP contribution >= 0.6 is 11.3 Å². The molecule has 0 atom stereocenters. The second-order valence-electron chi connectivity index (χ2n) is 8.28. The molecule has 1 aliphatic carbocycles. The van der Waals surface area contributed by atoms with E-state index in [4.69, 9.17) is 0 Å². The highest BCUT2D eigenvalue weighted by molar-refractivity contribution is 7.15. The molecule has 32 heavy (non-hydrogen) atoms. The number of amides is 5. The number of carbonyl (C=O) groups excluding carboxylic acids is 4. The Labute approximate surface area is 188 Å². The first-order chi connectivity index (χ1) is 15.5. The molecule has 3 heterocycles. The average molecular weight is 454 g/mol. The third-order valence-electron chi connectivity index (χ3n) is 6.17. The number of urea groups is 1. The van der Waals surface area contributed by atoms with Crippen LogP contribution in [0.1, 0.15) is 57.0 Å². The number of nitrogens with one attached hydrogen (secondary N) is 2. The Bertz CT molecular complexity index is 1070. The van der Waals surface area contributed by atoms with Crippen LogP contribution in [0, 0.1) is 0 Å². The van der Waals surface area contributed by atoms with E-state index in [2.05, 4.69) is 15.6 Å². The molecule has 166 valence electrons. The molecule has 3 aliphatic rings. The van der Waals surface area contributed by atoms with Crippen molar-refractivity contribution in [1.29, 1.82) is 0 Å². The van der Waals surface area contributed by atoms with Gasteiger partial charge in [-0.2, -0.15) is 0 Å². The monoisotopic (exact) mass is 453 g/mol. The SMILES string of the molecule is O=C(Nc1nc2c(s1)CN(C(=O)CN1C(=O)c3ccccc3C1=O)CC2)NC1CCCC1. The summed E-state index contributed by atoms with van der Waals surface area (Å²) in [6, 6.07) is 6.57. The Morgan fingerprint density at radius 2 is 1.78 bits per heavy atom. The average Bonchev–Trinajstić information content (AvgIpc) is 3.49. The molecule has 0 unspecified atom stereocenters. The number of imide groups is 1. The lowest BCUT2D eigenvalue weighted by molar-refractivity contribution is -0.132. The molecule has 2 aromatic rings. The van der Waals surface area contributed by atoms with Gasteiger partial charge in [-0.05, 0) is 25.0 Å². The third-order valence-corrected chi connectivity index (χ3v) is 7.16. The van der Waals surface area contributed by atoms with Crippen molar-refractivity contribution >= 4 is 40.2 Å². The van der Waals surface area contributed by atoms with E-state index in [1.807, 2.05) is 0 Å². The molecule has 1 aromatic carbocycles. The fourth-order valence-electron chi connectivity index (χ4n) is 4.47. The number of rotatable bonds is 4. The predicted molar refractivity (Wildman–Crippen MR) is 117 cm³/mol. The lowest BCUT2D eigenvalue weighted by Crippen LogP contribution is -2.44. The molecule has 0 bridgehead atoms. The number of hydrogen-bond acceptors (Lipinski definition) is 6. The van der Waals surface area contributed by atoms with Crippen molar-refractivity contribution in [3.05, 3.63) is 46.0 Å². The van der Waals surface area contributed by atoms with Gasteiger partial charge in [0.2, 0.25) is 5.91 Å². The molecule has 2 N–H and O–H groups in total. The summed E-state index contributed by atoms with van der Waals surface area (Å²) in [6.45, 7) is 0.517. The summed E-state index contributed by atoms with van der Waals surface area (Å²) in [7, 11) is 0. The zero-order valence-corrected chi connectivity index (χ0v) is 18.2. The molecule has 10 heteroatoms. The van der Waals surface area contributed by atoms with Crippen LogP contribution in [0.5, 0.6) is 0 Å². The summed E-state index contributed by atoms with van der Waals surface area (Å²) in [5.74, 6) is -1.16. The highest BCUT2D eigenvalue weighted by atomic mass is 32.1. The Hall–Kier alpha value is -3.27. The van der Waals surface area contributed by atoms with Crippen LogP contribution in [0.4, 0.5) is 9.93 Å². The van der Waals surface area contributed by atoms with E-state index >= 15 is 0 Å². The number of hydrogen-bond donors (Lipinski definition) is 2. The van der Waals surface area contributed by atoms with Crippen molar-refractivity contribution in [2.45, 2.75) is 44.7 Å². The minimum absolute atomic E-state index is 0.222. The smallest absolute Gasteiger partial charge is 0.321 e. The molecule has 1 fully saturated rings. The van der Waals surface area contributed by atoms with Gasteiger partial charge in [0.05, 0.1) is 23.4 Å². The van der Waals surface area contributed by atoms with Gasteiger partial charge in [-0.15, -0.1) is 0 Å². The van der Waals surface area contributed by atoms with Crippen molar-refractivity contribution in [3.63, 3.8) is 0 Å². The zero-order chi connectivity index (χ0) is 22.2. The number of thiazole rings is 1. The molecule has 0 spiro atoms. The van der Waals surface area contributed by atoms with Gasteiger partial charge in [-0.25, -0.2) is 9.78 Å². The second kappa shape index (κ2) is 8.34. The van der Waals surface area contributed by atoms with E-state index in [1.54, 1.807) is 29.2 Å². The third kappa shape index (κ3) is 3.86. The highest BCUT2D eigenvalue weighted by Crippen LogP contribution is 2.29. The lowest BCUT2D eigenvalue weighted by atomic mass is 10.1. The van der Waals surface area contributed by atoms with E-state index in [0.717, 1.165) is 41.2 Å². The molecule has 0 saturated heterocycles. The number of benzene rings is 1. The van der Waals surface area contributed by atoms with E-state index in [0.29, 0.717) is 35.8 Å². The van der Waals surface area contributed by atoms with Gasteiger partial charge in [0, 0.05) is 23.9 Å². The topological polar surface area (TPSA) is 112 Å². The molecule has 5 amide bonds. The number of nitrogens with zero attached hydrogens (tertiary/aromatic N) is 3. The van der Waals surface area contributed by atoms with Crippen LogP contribution in [0.2, 0.25) is 0 Å². The summed E-state index contributed by atoms with van der Waals surface area (Å²) in [4.78, 5) is 58.2. The fraction of sp³-hybridized carbons (Fsp3) is 0.409. The lowest BCUT2D eigenvalue weighted by Gasteiger charge is -2.27. The zero-order valence-electron chi connectivity index (χ0n) is 17.4. The summed E-state index contributed by atoms with van der Waals surface area (Å²) in [5, 5.41) is 6.29. The van der Waals surface area contributed by atoms with E-state index < -0.39 is 11.8 Å². The van der Waals surface area contributed by atoms with Crippen LogP contribution in [0.25, 0.3) is 0 Å². The molecule has 9 nitrogen and oxygen atoms in total. The van der Waals surface area contributed by atoms with Crippen molar-refractivity contribution < 1.29 is 19.2 Å². The van der Waals surface area contributed by atoms with Gasteiger partial charge in [-0.1, -0.05) is 36.3 Å². The summed E-state index contributed by atoms with van der Waals surface area (Å²) in [6.07, 6.45) is 4.85. The number of anilines is 1. The molecule has 0 radical (unpaired) electrons. The number of fused-ring (bicyclic) bond motifs is 2. The second-order valence-corrected chi connectivity index (χ2v) is 9.36. The van der Waals surface area contributed by atoms with Gasteiger partial charge in [0.1, 0.15) is 6.54 Å². The number of carbonyl (C=O) groups is 4. The summed E-state index contributed by atoms with van der Waals surface area (Å²) in [5.41, 5.74) is 1.54. The molecule has 1 aromatic heterocycles. The minimum Gasteiger partial charge on any atom is -0.336 e. The first kappa shape index (κ1) is 20.6. The van der Waals surface area contributed by atoms with E-state index in [-0.39, 0.29) is 24.5 Å². The van der Waals surface area contributed by atoms with Crippen LogP contribution in [0.15, 0.2) is 24.3 Å². The van der Waals surface area contributed by atoms with Gasteiger partial charge < -0.3 is 10.2 Å². The highest BCUT2D eigenvalue weighted by Gasteiger charge is 2.37. The Balaban J connectivity index is 1.20. The molecular formula is C22H23N5O4S. The maximum atomic E-state index is 12.9. The first-order valence-corrected chi connectivity index (χ1v) is 11.6. The minimum atomic E-state index is -0.436. The van der Waals surface area contributed by atoms with Crippen molar-refractivity contribution in [2.75, 3.05) is 18.4 Å². The Kier molecular flexibility index (Phi) is 5.38. The molecular weight excluding hydrogens is 430 g/mol.